The van der Waals surface area contributed by atoms with Crippen LogP contribution in [0, 0.1) is 0 Å². The van der Waals surface area contributed by atoms with Crippen LogP contribution in [-0.4, -0.2) is 9.97 Å². The quantitative estimate of drug-likeness (QED) is 0.795. The van der Waals surface area contributed by atoms with Crippen molar-refractivity contribution in [3.8, 4) is 0 Å². The van der Waals surface area contributed by atoms with Crippen molar-refractivity contribution in [2.24, 2.45) is 5.73 Å². The molecule has 0 saturated carbocycles. The number of benzene rings is 1. The summed E-state index contributed by atoms with van der Waals surface area (Å²) in [5.74, 6) is 0. The molecule has 0 radical (unpaired) electrons. The Morgan fingerprint density at radius 1 is 1.05 bits per heavy atom. The summed E-state index contributed by atoms with van der Waals surface area (Å²) in [5.41, 5.74) is 9.56. The molecule has 3 rings (SSSR count). The molecular formula is C18H19N3. The first kappa shape index (κ1) is 13.7. The fourth-order valence-electron chi connectivity index (χ4n) is 2.55. The van der Waals surface area contributed by atoms with Gasteiger partial charge in [0.25, 0.3) is 0 Å². The van der Waals surface area contributed by atoms with Crippen LogP contribution in [0.15, 0.2) is 54.9 Å². The number of nitrogens with two attached hydrogens (primary N) is 1. The molecule has 2 aromatic heterocycles. The van der Waals surface area contributed by atoms with Gasteiger partial charge in [0.15, 0.2) is 0 Å². The highest BCUT2D eigenvalue weighted by atomic mass is 14.8. The lowest BCUT2D eigenvalue weighted by molar-refractivity contribution is 0.689. The van der Waals surface area contributed by atoms with Gasteiger partial charge in [-0.25, -0.2) is 0 Å². The molecule has 0 saturated heterocycles. The molecule has 0 bridgehead atoms. The summed E-state index contributed by atoms with van der Waals surface area (Å²) in [6, 6.07) is 14.3. The molecule has 0 fully saturated rings. The molecule has 1 aromatic carbocycles. The summed E-state index contributed by atoms with van der Waals surface area (Å²) in [5, 5.41) is 2.30. The maximum absolute atomic E-state index is 6.36. The fourth-order valence-corrected chi connectivity index (χ4v) is 2.55. The van der Waals surface area contributed by atoms with Gasteiger partial charge in [-0.2, -0.15) is 0 Å². The van der Waals surface area contributed by atoms with Crippen LogP contribution in [-0.2, 0) is 12.8 Å². The second kappa shape index (κ2) is 6.02. The van der Waals surface area contributed by atoms with Gasteiger partial charge in [-0.3, -0.25) is 9.97 Å². The number of aromatic nitrogens is 2. The highest BCUT2D eigenvalue weighted by Gasteiger charge is 2.12. The van der Waals surface area contributed by atoms with Gasteiger partial charge in [0.1, 0.15) is 0 Å². The topological polar surface area (TPSA) is 51.8 Å². The highest BCUT2D eigenvalue weighted by molar-refractivity contribution is 5.84. The Morgan fingerprint density at radius 2 is 1.90 bits per heavy atom. The minimum absolute atomic E-state index is 0.143. The summed E-state index contributed by atoms with van der Waals surface area (Å²) < 4.78 is 0. The number of pyridine rings is 2. The molecule has 0 aliphatic rings. The van der Waals surface area contributed by atoms with Gasteiger partial charge in [0, 0.05) is 29.9 Å². The summed E-state index contributed by atoms with van der Waals surface area (Å²) >= 11 is 0. The second-order valence-electron chi connectivity index (χ2n) is 5.24. The molecule has 106 valence electrons. The Hall–Kier alpha value is -2.26. The van der Waals surface area contributed by atoms with Crippen molar-refractivity contribution in [1.82, 2.24) is 9.97 Å². The van der Waals surface area contributed by atoms with Crippen LogP contribution in [0.25, 0.3) is 10.8 Å². The van der Waals surface area contributed by atoms with Crippen LogP contribution in [0.2, 0.25) is 0 Å². The van der Waals surface area contributed by atoms with Gasteiger partial charge >= 0.3 is 0 Å². The Bertz CT molecular complexity index is 730. The third kappa shape index (κ3) is 2.93. The summed E-state index contributed by atoms with van der Waals surface area (Å²) in [6.07, 6.45) is 5.46. The van der Waals surface area contributed by atoms with Crippen LogP contribution in [0.5, 0.6) is 0 Å². The number of fused-ring (bicyclic) bond motifs is 1. The first-order valence-corrected chi connectivity index (χ1v) is 7.31. The van der Waals surface area contributed by atoms with Crippen molar-refractivity contribution in [2.45, 2.75) is 25.8 Å². The molecule has 0 aliphatic carbocycles. The molecule has 0 amide bonds. The Balaban J connectivity index is 1.88. The van der Waals surface area contributed by atoms with Crippen molar-refractivity contribution < 1.29 is 0 Å². The Morgan fingerprint density at radius 3 is 2.67 bits per heavy atom. The van der Waals surface area contributed by atoms with E-state index < -0.39 is 0 Å². The zero-order chi connectivity index (χ0) is 14.7. The molecule has 21 heavy (non-hydrogen) atoms. The van der Waals surface area contributed by atoms with Crippen LogP contribution in [0.3, 0.4) is 0 Å². The third-order valence-corrected chi connectivity index (χ3v) is 3.78. The molecule has 0 spiro atoms. The van der Waals surface area contributed by atoms with E-state index in [1.54, 1.807) is 0 Å². The van der Waals surface area contributed by atoms with Crippen LogP contribution < -0.4 is 5.73 Å². The van der Waals surface area contributed by atoms with Crippen molar-refractivity contribution in [1.29, 1.82) is 0 Å². The van der Waals surface area contributed by atoms with Crippen molar-refractivity contribution in [3.63, 3.8) is 0 Å². The van der Waals surface area contributed by atoms with Gasteiger partial charge in [0.05, 0.1) is 11.7 Å². The first-order chi connectivity index (χ1) is 10.3. The molecule has 3 heteroatoms. The lowest BCUT2D eigenvalue weighted by Crippen LogP contribution is -2.16. The smallest absolute Gasteiger partial charge is 0.0653 e. The normalized spacial score (nSPS) is 12.5. The van der Waals surface area contributed by atoms with Crippen molar-refractivity contribution in [2.75, 3.05) is 0 Å². The van der Waals surface area contributed by atoms with Crippen molar-refractivity contribution >= 4 is 10.8 Å². The molecule has 3 nitrogen and oxygen atoms in total. The van der Waals surface area contributed by atoms with E-state index in [0.717, 1.165) is 23.2 Å². The minimum Gasteiger partial charge on any atom is -0.322 e. The van der Waals surface area contributed by atoms with E-state index in [-0.39, 0.29) is 6.04 Å². The van der Waals surface area contributed by atoms with Gasteiger partial charge < -0.3 is 5.73 Å². The molecule has 2 N–H and O–H groups in total. The maximum Gasteiger partial charge on any atom is 0.0653 e. The SMILES string of the molecule is CCc1ccc(CC(N)c2nccc3ccccc23)nc1. The second-order valence-corrected chi connectivity index (χ2v) is 5.24. The number of nitrogens with zero attached hydrogens (tertiary/aromatic N) is 2. The zero-order valence-electron chi connectivity index (χ0n) is 12.2. The largest absolute Gasteiger partial charge is 0.322 e. The molecular weight excluding hydrogens is 258 g/mol. The molecule has 1 atom stereocenters. The van der Waals surface area contributed by atoms with Gasteiger partial charge in [-0.05, 0) is 29.5 Å². The fraction of sp³-hybridized carbons (Fsp3) is 0.222. The lowest BCUT2D eigenvalue weighted by Gasteiger charge is -2.13. The van der Waals surface area contributed by atoms with E-state index in [4.69, 9.17) is 5.73 Å². The molecule has 3 aromatic rings. The Labute approximate surface area is 124 Å². The maximum atomic E-state index is 6.36. The van der Waals surface area contributed by atoms with Crippen LogP contribution >= 0.6 is 0 Å². The average Bonchev–Trinajstić information content (AvgIpc) is 2.55. The van der Waals surface area contributed by atoms with E-state index in [1.165, 1.54) is 10.9 Å². The van der Waals surface area contributed by atoms with Gasteiger partial charge in [-0.1, -0.05) is 37.3 Å². The highest BCUT2D eigenvalue weighted by Crippen LogP contribution is 2.22. The summed E-state index contributed by atoms with van der Waals surface area (Å²) in [7, 11) is 0. The average molecular weight is 277 g/mol. The predicted molar refractivity (Wildman–Crippen MR) is 86.0 cm³/mol. The molecule has 2 heterocycles. The first-order valence-electron chi connectivity index (χ1n) is 7.31. The van der Waals surface area contributed by atoms with Crippen LogP contribution in [0.4, 0.5) is 0 Å². The lowest BCUT2D eigenvalue weighted by atomic mass is 10.0. The predicted octanol–water partition coefficient (Wildman–Crippen LogP) is 3.43. The summed E-state index contributed by atoms with van der Waals surface area (Å²) in [6.45, 7) is 2.13. The van der Waals surface area contributed by atoms with Crippen molar-refractivity contribution in [3.05, 3.63) is 71.8 Å². The van der Waals surface area contributed by atoms with Gasteiger partial charge in [0.2, 0.25) is 0 Å². The van der Waals surface area contributed by atoms with E-state index in [2.05, 4.69) is 41.2 Å². The molecule has 0 aliphatic heterocycles. The number of rotatable bonds is 4. The van der Waals surface area contributed by atoms with E-state index in [0.29, 0.717) is 6.42 Å². The summed E-state index contributed by atoms with van der Waals surface area (Å²) in [4.78, 5) is 8.97. The van der Waals surface area contributed by atoms with E-state index in [9.17, 15) is 0 Å². The minimum atomic E-state index is -0.143. The van der Waals surface area contributed by atoms with E-state index in [1.807, 2.05) is 30.6 Å². The van der Waals surface area contributed by atoms with Gasteiger partial charge in [-0.15, -0.1) is 0 Å². The number of aryl methyl sites for hydroxylation is 1. The Kier molecular flexibility index (Phi) is 3.93. The number of hydrogen-bond donors (Lipinski definition) is 1. The van der Waals surface area contributed by atoms with Crippen LogP contribution in [0.1, 0.15) is 29.9 Å². The third-order valence-electron chi connectivity index (χ3n) is 3.78. The monoisotopic (exact) mass is 277 g/mol. The van der Waals surface area contributed by atoms with E-state index >= 15 is 0 Å². The standard InChI is InChI=1S/C18H19N3/c1-2-13-7-8-15(21-12-13)11-17(19)18-16-6-4-3-5-14(16)9-10-20-18/h3-10,12,17H,2,11,19H2,1H3. The number of hydrogen-bond acceptors (Lipinski definition) is 3. The molecule has 1 unspecified atom stereocenters. The zero-order valence-corrected chi connectivity index (χ0v) is 12.2.